The van der Waals surface area contributed by atoms with Crippen LogP contribution in [0.15, 0.2) is 60.7 Å². The predicted octanol–water partition coefficient (Wildman–Crippen LogP) is 2.85. The molecule has 0 saturated carbocycles. The lowest BCUT2D eigenvalue weighted by Gasteiger charge is -2.22. The normalized spacial score (nSPS) is 13.0. The van der Waals surface area contributed by atoms with Crippen molar-refractivity contribution < 1.29 is 14.7 Å². The topological polar surface area (TPSA) is 78.4 Å². The molecular formula is C23H30N2O3. The van der Waals surface area contributed by atoms with Gasteiger partial charge in [-0.3, -0.25) is 9.59 Å². The number of carbonyl (C=O) groups is 2. The van der Waals surface area contributed by atoms with Crippen molar-refractivity contribution in [3.8, 4) is 0 Å². The highest BCUT2D eigenvalue weighted by atomic mass is 16.3. The van der Waals surface area contributed by atoms with Crippen LogP contribution in [-0.2, 0) is 9.59 Å². The third kappa shape index (κ3) is 6.20. The molecule has 0 aliphatic rings. The van der Waals surface area contributed by atoms with Crippen molar-refractivity contribution in [2.24, 2.45) is 5.92 Å². The monoisotopic (exact) mass is 382 g/mol. The standard InChI is InChI=1S/C23H30N2O3/c1-3-17(2)20(16-26)25-21(27)14-15-24-23(28)22(18-10-6-4-7-11-18)19-12-8-5-9-13-19/h4-13,17,20,22,26H,3,14-16H2,1-2H3,(H,24,28)(H,25,27)/t17-,20-/m1/s1. The van der Waals surface area contributed by atoms with Gasteiger partial charge in [-0.25, -0.2) is 0 Å². The summed E-state index contributed by atoms with van der Waals surface area (Å²) in [5.41, 5.74) is 1.82. The van der Waals surface area contributed by atoms with Gasteiger partial charge >= 0.3 is 0 Å². The highest BCUT2D eigenvalue weighted by Crippen LogP contribution is 2.24. The van der Waals surface area contributed by atoms with Crippen molar-refractivity contribution in [1.29, 1.82) is 0 Å². The van der Waals surface area contributed by atoms with E-state index in [2.05, 4.69) is 10.6 Å². The van der Waals surface area contributed by atoms with Gasteiger partial charge in [0, 0.05) is 13.0 Å². The van der Waals surface area contributed by atoms with Gasteiger partial charge in [-0.2, -0.15) is 0 Å². The minimum Gasteiger partial charge on any atom is -0.394 e. The van der Waals surface area contributed by atoms with Crippen LogP contribution in [0.25, 0.3) is 0 Å². The first kappa shape index (κ1) is 21.6. The van der Waals surface area contributed by atoms with Crippen LogP contribution in [0.2, 0.25) is 0 Å². The van der Waals surface area contributed by atoms with Crippen LogP contribution >= 0.6 is 0 Å². The van der Waals surface area contributed by atoms with Gasteiger partial charge in [0.1, 0.15) is 0 Å². The first-order valence-electron chi connectivity index (χ1n) is 9.84. The average Bonchev–Trinajstić information content (AvgIpc) is 2.73. The van der Waals surface area contributed by atoms with E-state index in [9.17, 15) is 14.7 Å². The Labute approximate surface area is 167 Å². The van der Waals surface area contributed by atoms with Crippen molar-refractivity contribution in [1.82, 2.24) is 10.6 Å². The fraction of sp³-hybridized carbons (Fsp3) is 0.391. The molecule has 0 heterocycles. The number of aliphatic hydroxyl groups is 1. The fourth-order valence-corrected chi connectivity index (χ4v) is 3.12. The number of benzene rings is 2. The molecule has 5 heteroatoms. The third-order valence-corrected chi connectivity index (χ3v) is 5.05. The van der Waals surface area contributed by atoms with E-state index >= 15 is 0 Å². The van der Waals surface area contributed by atoms with Crippen LogP contribution < -0.4 is 10.6 Å². The molecule has 5 nitrogen and oxygen atoms in total. The maximum atomic E-state index is 12.9. The summed E-state index contributed by atoms with van der Waals surface area (Å²) in [5, 5.41) is 15.2. The zero-order chi connectivity index (χ0) is 20.4. The molecule has 2 rings (SSSR count). The van der Waals surface area contributed by atoms with Gasteiger partial charge in [-0.1, -0.05) is 80.9 Å². The quantitative estimate of drug-likeness (QED) is 0.591. The summed E-state index contributed by atoms with van der Waals surface area (Å²) in [7, 11) is 0. The third-order valence-electron chi connectivity index (χ3n) is 5.05. The molecule has 2 aromatic rings. The van der Waals surface area contributed by atoms with E-state index in [0.717, 1.165) is 17.5 Å². The predicted molar refractivity (Wildman–Crippen MR) is 111 cm³/mol. The summed E-state index contributed by atoms with van der Waals surface area (Å²) >= 11 is 0. The van der Waals surface area contributed by atoms with Gasteiger partial charge in [-0.15, -0.1) is 0 Å². The van der Waals surface area contributed by atoms with E-state index in [1.165, 1.54) is 0 Å². The summed E-state index contributed by atoms with van der Waals surface area (Å²) in [6.45, 7) is 4.18. The van der Waals surface area contributed by atoms with Crippen LogP contribution in [0.1, 0.15) is 43.7 Å². The molecule has 2 aromatic carbocycles. The molecule has 0 aliphatic carbocycles. The zero-order valence-electron chi connectivity index (χ0n) is 16.6. The largest absolute Gasteiger partial charge is 0.394 e. The molecule has 3 N–H and O–H groups in total. The van der Waals surface area contributed by atoms with Gasteiger partial charge in [-0.05, 0) is 17.0 Å². The summed E-state index contributed by atoms with van der Waals surface area (Å²) in [6, 6.07) is 19.0. The van der Waals surface area contributed by atoms with Gasteiger partial charge in [0.2, 0.25) is 11.8 Å². The SMILES string of the molecule is CC[C@@H](C)[C@@H](CO)NC(=O)CCNC(=O)C(c1ccccc1)c1ccccc1. The van der Waals surface area contributed by atoms with Crippen molar-refractivity contribution in [2.45, 2.75) is 38.6 Å². The van der Waals surface area contributed by atoms with Crippen LogP contribution in [-0.4, -0.2) is 36.1 Å². The molecule has 0 aliphatic heterocycles. The lowest BCUT2D eigenvalue weighted by Crippen LogP contribution is -2.43. The summed E-state index contributed by atoms with van der Waals surface area (Å²) in [5.74, 6) is -0.527. The highest BCUT2D eigenvalue weighted by molar-refractivity contribution is 5.87. The first-order chi connectivity index (χ1) is 13.6. The Hall–Kier alpha value is -2.66. The Morgan fingerprint density at radius 1 is 0.964 bits per heavy atom. The van der Waals surface area contributed by atoms with Crippen LogP contribution in [0.3, 0.4) is 0 Å². The number of nitrogens with one attached hydrogen (secondary N) is 2. The molecule has 0 spiro atoms. The number of hydrogen-bond acceptors (Lipinski definition) is 3. The smallest absolute Gasteiger partial charge is 0.232 e. The Balaban J connectivity index is 1.96. The van der Waals surface area contributed by atoms with E-state index in [0.29, 0.717) is 0 Å². The minimum absolute atomic E-state index is 0.0861. The number of aliphatic hydroxyl groups excluding tert-OH is 1. The summed E-state index contributed by atoms with van der Waals surface area (Å²) < 4.78 is 0. The van der Waals surface area contributed by atoms with Crippen LogP contribution in [0.4, 0.5) is 0 Å². The van der Waals surface area contributed by atoms with Gasteiger partial charge in [0.15, 0.2) is 0 Å². The second-order valence-electron chi connectivity index (χ2n) is 7.04. The number of carbonyl (C=O) groups excluding carboxylic acids is 2. The van der Waals surface area contributed by atoms with E-state index < -0.39 is 5.92 Å². The van der Waals surface area contributed by atoms with Gasteiger partial charge in [0.05, 0.1) is 18.6 Å². The van der Waals surface area contributed by atoms with E-state index in [1.54, 1.807) is 0 Å². The Morgan fingerprint density at radius 3 is 1.96 bits per heavy atom. The Kier molecular flexibility index (Phi) is 8.69. The second-order valence-corrected chi connectivity index (χ2v) is 7.04. The lowest BCUT2D eigenvalue weighted by molar-refractivity contribution is -0.123. The molecule has 0 fully saturated rings. The van der Waals surface area contributed by atoms with E-state index in [-0.39, 0.29) is 43.3 Å². The van der Waals surface area contributed by atoms with Crippen molar-refractivity contribution in [3.05, 3.63) is 71.8 Å². The number of amides is 2. The molecular weight excluding hydrogens is 352 g/mol. The Bertz CT molecular complexity index is 695. The second kappa shape index (κ2) is 11.2. The van der Waals surface area contributed by atoms with Gasteiger partial charge in [0.25, 0.3) is 0 Å². The summed E-state index contributed by atoms with van der Waals surface area (Å²) in [6.07, 6.45) is 1.05. The molecule has 150 valence electrons. The zero-order valence-corrected chi connectivity index (χ0v) is 16.6. The molecule has 0 bridgehead atoms. The minimum atomic E-state index is -0.421. The maximum Gasteiger partial charge on any atom is 0.232 e. The molecule has 0 aromatic heterocycles. The van der Waals surface area contributed by atoms with Crippen LogP contribution in [0.5, 0.6) is 0 Å². The molecule has 28 heavy (non-hydrogen) atoms. The molecule has 0 radical (unpaired) electrons. The van der Waals surface area contributed by atoms with Crippen molar-refractivity contribution in [3.63, 3.8) is 0 Å². The van der Waals surface area contributed by atoms with Crippen molar-refractivity contribution in [2.75, 3.05) is 13.2 Å². The van der Waals surface area contributed by atoms with E-state index in [4.69, 9.17) is 0 Å². The van der Waals surface area contributed by atoms with E-state index in [1.807, 2.05) is 74.5 Å². The number of rotatable bonds is 10. The molecule has 2 atom stereocenters. The Morgan fingerprint density at radius 2 is 1.50 bits per heavy atom. The fourth-order valence-electron chi connectivity index (χ4n) is 3.12. The molecule has 2 amide bonds. The van der Waals surface area contributed by atoms with Crippen molar-refractivity contribution >= 4 is 11.8 Å². The van der Waals surface area contributed by atoms with Gasteiger partial charge < -0.3 is 15.7 Å². The molecule has 0 unspecified atom stereocenters. The lowest BCUT2D eigenvalue weighted by atomic mass is 9.90. The average molecular weight is 383 g/mol. The van der Waals surface area contributed by atoms with Crippen LogP contribution in [0, 0.1) is 5.92 Å². The highest BCUT2D eigenvalue weighted by Gasteiger charge is 2.22. The maximum absolute atomic E-state index is 12.9. The summed E-state index contributed by atoms with van der Waals surface area (Å²) in [4.78, 5) is 25.0. The molecule has 0 saturated heterocycles. The first-order valence-corrected chi connectivity index (χ1v) is 9.84. The number of hydrogen-bond donors (Lipinski definition) is 3.